The van der Waals surface area contributed by atoms with E-state index in [4.69, 9.17) is 16.3 Å². The van der Waals surface area contributed by atoms with Crippen LogP contribution in [0.5, 0.6) is 5.75 Å². The molecule has 0 fully saturated rings. The molecule has 26 heavy (non-hydrogen) atoms. The molecule has 4 nitrogen and oxygen atoms in total. The number of carbonyl (C=O) groups excluding carboxylic acids is 1. The van der Waals surface area contributed by atoms with Crippen LogP contribution in [0, 0.1) is 6.92 Å². The van der Waals surface area contributed by atoms with Gasteiger partial charge in [-0.25, -0.2) is 4.98 Å². The van der Waals surface area contributed by atoms with E-state index in [1.807, 2.05) is 31.2 Å². The first-order valence-electron chi connectivity index (χ1n) is 8.22. The number of methoxy groups -OCH3 is 1. The largest absolute Gasteiger partial charge is 0.497 e. The number of nitrogens with one attached hydrogen (secondary N) is 1. The molecule has 1 heterocycles. The average Bonchev–Trinajstić information content (AvgIpc) is 3.03. The fourth-order valence-corrected chi connectivity index (χ4v) is 3.84. The SMILES string of the molecule is COc1ccc(-c2nc(C)c(CCNC(=O)c3ccccc3Cl)s2)cc1. The van der Waals surface area contributed by atoms with Crippen LogP contribution < -0.4 is 10.1 Å². The third kappa shape index (κ3) is 4.23. The summed E-state index contributed by atoms with van der Waals surface area (Å²) in [5.41, 5.74) is 2.55. The predicted molar refractivity (Wildman–Crippen MR) is 106 cm³/mol. The third-order valence-corrected chi connectivity index (χ3v) is 5.58. The van der Waals surface area contributed by atoms with Gasteiger partial charge in [0.15, 0.2) is 0 Å². The average molecular weight is 387 g/mol. The van der Waals surface area contributed by atoms with Gasteiger partial charge in [-0.05, 0) is 43.3 Å². The van der Waals surface area contributed by atoms with Crippen LogP contribution in [0.25, 0.3) is 10.6 Å². The molecule has 0 unspecified atom stereocenters. The number of nitrogens with zero attached hydrogens (tertiary/aromatic N) is 1. The van der Waals surface area contributed by atoms with Gasteiger partial charge in [0.1, 0.15) is 10.8 Å². The summed E-state index contributed by atoms with van der Waals surface area (Å²) >= 11 is 7.70. The number of halogens is 1. The lowest BCUT2D eigenvalue weighted by atomic mass is 10.2. The minimum atomic E-state index is -0.159. The summed E-state index contributed by atoms with van der Waals surface area (Å²) in [6.45, 7) is 2.53. The maximum atomic E-state index is 12.2. The molecule has 0 aliphatic rings. The lowest BCUT2D eigenvalue weighted by molar-refractivity contribution is 0.0954. The van der Waals surface area contributed by atoms with Gasteiger partial charge in [-0.3, -0.25) is 4.79 Å². The lowest BCUT2D eigenvalue weighted by Crippen LogP contribution is -2.25. The molecule has 0 spiro atoms. The van der Waals surface area contributed by atoms with Gasteiger partial charge in [0, 0.05) is 23.4 Å². The topological polar surface area (TPSA) is 51.2 Å². The lowest BCUT2D eigenvalue weighted by Gasteiger charge is -2.06. The highest BCUT2D eigenvalue weighted by Gasteiger charge is 2.12. The molecule has 6 heteroatoms. The van der Waals surface area contributed by atoms with E-state index < -0.39 is 0 Å². The van der Waals surface area contributed by atoms with Gasteiger partial charge in [-0.15, -0.1) is 11.3 Å². The molecule has 0 saturated heterocycles. The molecule has 134 valence electrons. The van der Waals surface area contributed by atoms with Crippen LogP contribution in [0.1, 0.15) is 20.9 Å². The Kier molecular flexibility index (Phi) is 5.91. The van der Waals surface area contributed by atoms with E-state index in [0.29, 0.717) is 17.1 Å². The Bertz CT molecular complexity index is 906. The Balaban J connectivity index is 1.63. The van der Waals surface area contributed by atoms with E-state index in [1.165, 1.54) is 0 Å². The quantitative estimate of drug-likeness (QED) is 0.664. The van der Waals surface area contributed by atoms with Crippen LogP contribution >= 0.6 is 22.9 Å². The molecule has 1 N–H and O–H groups in total. The maximum Gasteiger partial charge on any atom is 0.252 e. The standard InChI is InChI=1S/C20H19ClN2O2S/c1-13-18(11-12-22-19(24)16-5-3-4-6-17(16)21)26-20(23-13)14-7-9-15(25-2)10-8-14/h3-10H,11-12H2,1-2H3,(H,22,24). The van der Waals surface area contributed by atoms with Crippen LogP contribution in [0.2, 0.25) is 5.02 Å². The minimum Gasteiger partial charge on any atom is -0.497 e. The van der Waals surface area contributed by atoms with Gasteiger partial charge in [-0.1, -0.05) is 23.7 Å². The molecule has 0 atom stereocenters. The van der Waals surface area contributed by atoms with Crippen molar-refractivity contribution in [2.75, 3.05) is 13.7 Å². The van der Waals surface area contributed by atoms with Crippen molar-refractivity contribution in [1.82, 2.24) is 10.3 Å². The van der Waals surface area contributed by atoms with E-state index in [1.54, 1.807) is 42.7 Å². The van der Waals surface area contributed by atoms with E-state index in [2.05, 4.69) is 10.3 Å². The highest BCUT2D eigenvalue weighted by atomic mass is 35.5. The molecule has 0 radical (unpaired) electrons. The fourth-order valence-electron chi connectivity index (χ4n) is 2.55. The number of hydrogen-bond acceptors (Lipinski definition) is 4. The van der Waals surface area contributed by atoms with Crippen LogP contribution in [0.15, 0.2) is 48.5 Å². The molecule has 3 rings (SSSR count). The first-order chi connectivity index (χ1) is 12.6. The normalized spacial score (nSPS) is 10.6. The van der Waals surface area contributed by atoms with Crippen LogP contribution in [-0.2, 0) is 6.42 Å². The highest BCUT2D eigenvalue weighted by Crippen LogP contribution is 2.29. The Morgan fingerprint density at radius 3 is 2.62 bits per heavy atom. The van der Waals surface area contributed by atoms with Gasteiger partial charge >= 0.3 is 0 Å². The van der Waals surface area contributed by atoms with Crippen molar-refractivity contribution in [2.24, 2.45) is 0 Å². The van der Waals surface area contributed by atoms with Gasteiger partial charge in [0.2, 0.25) is 0 Å². The number of ether oxygens (including phenoxy) is 1. The highest BCUT2D eigenvalue weighted by molar-refractivity contribution is 7.15. The predicted octanol–water partition coefficient (Wildman–Crippen LogP) is 4.75. The van der Waals surface area contributed by atoms with Gasteiger partial charge < -0.3 is 10.1 Å². The molecule has 0 bridgehead atoms. The van der Waals surface area contributed by atoms with Crippen molar-refractivity contribution in [3.8, 4) is 16.3 Å². The van der Waals surface area contributed by atoms with Gasteiger partial charge in [0.25, 0.3) is 5.91 Å². The second-order valence-electron chi connectivity index (χ2n) is 5.74. The number of benzene rings is 2. The fraction of sp³-hybridized carbons (Fsp3) is 0.200. The Hall–Kier alpha value is -2.37. The number of amides is 1. The molecule has 0 aliphatic carbocycles. The summed E-state index contributed by atoms with van der Waals surface area (Å²) in [5.74, 6) is 0.665. The van der Waals surface area contributed by atoms with Crippen LogP contribution in [0.4, 0.5) is 0 Å². The van der Waals surface area contributed by atoms with Gasteiger partial charge in [0.05, 0.1) is 23.4 Å². The monoisotopic (exact) mass is 386 g/mol. The summed E-state index contributed by atoms with van der Waals surface area (Å²) in [7, 11) is 1.65. The molecule has 0 saturated carbocycles. The molecule has 2 aromatic carbocycles. The second-order valence-corrected chi connectivity index (χ2v) is 7.23. The number of carbonyl (C=O) groups is 1. The zero-order valence-electron chi connectivity index (χ0n) is 14.6. The van der Waals surface area contributed by atoms with Crippen LogP contribution in [-0.4, -0.2) is 24.5 Å². The summed E-state index contributed by atoms with van der Waals surface area (Å²) in [6, 6.07) is 14.9. The molecule has 3 aromatic rings. The molecule has 1 amide bonds. The summed E-state index contributed by atoms with van der Waals surface area (Å²) in [5, 5.41) is 4.35. The summed E-state index contributed by atoms with van der Waals surface area (Å²) in [6.07, 6.45) is 0.732. The number of hydrogen-bond donors (Lipinski definition) is 1. The van der Waals surface area contributed by atoms with Crippen molar-refractivity contribution in [1.29, 1.82) is 0 Å². The maximum absolute atomic E-state index is 12.2. The van der Waals surface area contributed by atoms with E-state index in [0.717, 1.165) is 33.3 Å². The van der Waals surface area contributed by atoms with E-state index in [9.17, 15) is 4.79 Å². The molecule has 1 aromatic heterocycles. The summed E-state index contributed by atoms with van der Waals surface area (Å²) < 4.78 is 5.19. The van der Waals surface area contributed by atoms with Crippen molar-refractivity contribution in [3.63, 3.8) is 0 Å². The van der Waals surface area contributed by atoms with E-state index in [-0.39, 0.29) is 5.91 Å². The Labute approximate surface area is 161 Å². The Morgan fingerprint density at radius 2 is 1.92 bits per heavy atom. The molecular weight excluding hydrogens is 368 g/mol. The van der Waals surface area contributed by atoms with Crippen molar-refractivity contribution >= 4 is 28.8 Å². The van der Waals surface area contributed by atoms with Crippen LogP contribution in [0.3, 0.4) is 0 Å². The number of aryl methyl sites for hydroxylation is 1. The van der Waals surface area contributed by atoms with Gasteiger partial charge in [-0.2, -0.15) is 0 Å². The van der Waals surface area contributed by atoms with Crippen molar-refractivity contribution in [2.45, 2.75) is 13.3 Å². The number of aromatic nitrogens is 1. The Morgan fingerprint density at radius 1 is 1.19 bits per heavy atom. The molecule has 0 aliphatic heterocycles. The zero-order chi connectivity index (χ0) is 18.5. The first-order valence-corrected chi connectivity index (χ1v) is 9.41. The van der Waals surface area contributed by atoms with Crippen molar-refractivity contribution < 1.29 is 9.53 Å². The van der Waals surface area contributed by atoms with E-state index >= 15 is 0 Å². The number of rotatable bonds is 6. The number of thiazole rings is 1. The van der Waals surface area contributed by atoms with Crippen molar-refractivity contribution in [3.05, 3.63) is 69.7 Å². The second kappa shape index (κ2) is 8.34. The third-order valence-electron chi connectivity index (χ3n) is 3.99. The molecular formula is C20H19ClN2O2S. The zero-order valence-corrected chi connectivity index (χ0v) is 16.2. The first kappa shape index (κ1) is 18.4. The summed E-state index contributed by atoms with van der Waals surface area (Å²) in [4.78, 5) is 18.0. The minimum absolute atomic E-state index is 0.159. The smallest absolute Gasteiger partial charge is 0.252 e.